The molecule has 0 fully saturated rings. The van der Waals surface area contributed by atoms with E-state index in [9.17, 15) is 0 Å². The predicted octanol–water partition coefficient (Wildman–Crippen LogP) is 3.79. The Morgan fingerprint density at radius 2 is 2.15 bits per heavy atom. The van der Waals surface area contributed by atoms with E-state index < -0.39 is 0 Å². The molecule has 0 amide bonds. The van der Waals surface area contributed by atoms with Gasteiger partial charge in [0, 0.05) is 10.5 Å². The van der Waals surface area contributed by atoms with Crippen LogP contribution in [-0.4, -0.2) is 18.4 Å². The molecule has 1 aliphatic rings. The topological polar surface area (TPSA) is 34.4 Å². The molecule has 20 heavy (non-hydrogen) atoms. The monoisotopic (exact) mass is 289 g/mol. The van der Waals surface area contributed by atoms with Gasteiger partial charge in [-0.05, 0) is 25.6 Å². The van der Waals surface area contributed by atoms with E-state index in [1.807, 2.05) is 36.9 Å². The summed E-state index contributed by atoms with van der Waals surface area (Å²) in [6.45, 7) is 5.80. The van der Waals surface area contributed by atoms with Crippen molar-refractivity contribution in [1.29, 1.82) is 0 Å². The zero-order chi connectivity index (χ0) is 13.9. The lowest BCUT2D eigenvalue weighted by molar-refractivity contribution is 0.261. The molecule has 1 aromatic heterocycles. The molecule has 0 saturated heterocycles. The fourth-order valence-corrected chi connectivity index (χ4v) is 3.75. The normalized spacial score (nSPS) is 21.3. The smallest absolute Gasteiger partial charge is 0.124 e. The van der Waals surface area contributed by atoms with Crippen molar-refractivity contribution < 1.29 is 9.15 Å². The van der Waals surface area contributed by atoms with E-state index in [1.54, 1.807) is 6.26 Å². The van der Waals surface area contributed by atoms with Crippen molar-refractivity contribution in [2.24, 2.45) is 0 Å². The zero-order valence-electron chi connectivity index (χ0n) is 11.8. The van der Waals surface area contributed by atoms with Crippen LogP contribution in [0.4, 0.5) is 0 Å². The average Bonchev–Trinajstić information content (AvgIpc) is 2.87. The Hall–Kier alpha value is -1.39. The molecule has 1 N–H and O–H groups in total. The molecule has 4 heteroatoms. The number of para-hydroxylation sites is 1. The summed E-state index contributed by atoms with van der Waals surface area (Å²) in [5.41, 5.74) is 1.25. The van der Waals surface area contributed by atoms with Gasteiger partial charge in [-0.2, -0.15) is 0 Å². The molecule has 3 rings (SSSR count). The van der Waals surface area contributed by atoms with Crippen LogP contribution in [0, 0.1) is 6.92 Å². The number of hydrogen-bond acceptors (Lipinski definition) is 4. The van der Waals surface area contributed by atoms with Crippen molar-refractivity contribution in [3.63, 3.8) is 0 Å². The summed E-state index contributed by atoms with van der Waals surface area (Å²) >= 11 is 1.83. The van der Waals surface area contributed by atoms with Gasteiger partial charge in [0.2, 0.25) is 0 Å². The molecule has 0 aliphatic carbocycles. The summed E-state index contributed by atoms with van der Waals surface area (Å²) in [7, 11) is 0. The van der Waals surface area contributed by atoms with E-state index >= 15 is 0 Å². The molecular weight excluding hydrogens is 270 g/mol. The van der Waals surface area contributed by atoms with E-state index in [0.717, 1.165) is 18.1 Å². The lowest BCUT2D eigenvalue weighted by atomic mass is 10.0. The first-order chi connectivity index (χ1) is 9.79. The highest BCUT2D eigenvalue weighted by atomic mass is 32.2. The number of aryl methyl sites for hydroxylation is 1. The molecule has 2 unspecified atom stereocenters. The highest BCUT2D eigenvalue weighted by Gasteiger charge is 2.31. The Morgan fingerprint density at radius 1 is 1.30 bits per heavy atom. The molecule has 2 atom stereocenters. The van der Waals surface area contributed by atoms with Crippen molar-refractivity contribution >= 4 is 11.8 Å². The van der Waals surface area contributed by atoms with Gasteiger partial charge < -0.3 is 14.5 Å². The quantitative estimate of drug-likeness (QED) is 0.928. The maximum absolute atomic E-state index is 5.91. The van der Waals surface area contributed by atoms with Crippen molar-refractivity contribution in [1.82, 2.24) is 5.32 Å². The Kier molecular flexibility index (Phi) is 4.03. The maximum atomic E-state index is 5.91. The molecule has 0 radical (unpaired) electrons. The third-order valence-corrected chi connectivity index (χ3v) is 4.93. The largest absolute Gasteiger partial charge is 0.492 e. The minimum Gasteiger partial charge on any atom is -0.492 e. The van der Waals surface area contributed by atoms with Gasteiger partial charge >= 0.3 is 0 Å². The molecule has 0 spiro atoms. The molecule has 0 bridgehead atoms. The summed E-state index contributed by atoms with van der Waals surface area (Å²) in [5.74, 6) is 1.98. The van der Waals surface area contributed by atoms with Crippen LogP contribution in [-0.2, 0) is 0 Å². The Labute approximate surface area is 123 Å². The Morgan fingerprint density at radius 3 is 2.90 bits per heavy atom. The molecule has 1 aliphatic heterocycles. The SMILES string of the molecule is CCNC1c2ccccc2OCC1Sc1ccoc1C. The first-order valence-corrected chi connectivity index (χ1v) is 7.83. The Balaban J connectivity index is 1.86. The van der Waals surface area contributed by atoms with Crippen LogP contribution in [0.3, 0.4) is 0 Å². The number of fused-ring (bicyclic) bond motifs is 1. The molecule has 1 aromatic carbocycles. The molecule has 2 heterocycles. The summed E-state index contributed by atoms with van der Waals surface area (Å²) in [6, 6.07) is 10.6. The molecular formula is C16H19NO2S. The van der Waals surface area contributed by atoms with Gasteiger partial charge in [0.25, 0.3) is 0 Å². The second-order valence-corrected chi connectivity index (χ2v) is 6.16. The van der Waals surface area contributed by atoms with Crippen LogP contribution in [0.25, 0.3) is 0 Å². The standard InChI is InChI=1S/C16H19NO2S/c1-3-17-16-12-6-4-5-7-13(12)19-10-15(16)20-14-8-9-18-11(14)2/h4-9,15-17H,3,10H2,1-2H3. The zero-order valence-corrected chi connectivity index (χ0v) is 12.6. The number of furan rings is 1. The van der Waals surface area contributed by atoms with Crippen molar-refractivity contribution in [3.05, 3.63) is 47.9 Å². The number of rotatable bonds is 4. The summed E-state index contributed by atoms with van der Waals surface area (Å²) < 4.78 is 11.3. The molecule has 3 nitrogen and oxygen atoms in total. The average molecular weight is 289 g/mol. The lowest BCUT2D eigenvalue weighted by Gasteiger charge is -2.33. The van der Waals surface area contributed by atoms with E-state index in [4.69, 9.17) is 9.15 Å². The van der Waals surface area contributed by atoms with Crippen LogP contribution in [0.2, 0.25) is 0 Å². The second-order valence-electron chi connectivity index (χ2n) is 4.88. The van der Waals surface area contributed by atoms with E-state index in [-0.39, 0.29) is 0 Å². The van der Waals surface area contributed by atoms with Gasteiger partial charge in [0.1, 0.15) is 18.1 Å². The molecule has 106 valence electrons. The third-order valence-electron chi connectivity index (χ3n) is 3.54. The second kappa shape index (κ2) is 5.94. The van der Waals surface area contributed by atoms with Gasteiger partial charge in [0.05, 0.1) is 17.6 Å². The van der Waals surface area contributed by atoms with Gasteiger partial charge in [-0.1, -0.05) is 25.1 Å². The van der Waals surface area contributed by atoms with Crippen LogP contribution in [0.5, 0.6) is 5.75 Å². The van der Waals surface area contributed by atoms with Gasteiger partial charge in [-0.15, -0.1) is 11.8 Å². The van der Waals surface area contributed by atoms with Crippen LogP contribution < -0.4 is 10.1 Å². The van der Waals surface area contributed by atoms with Crippen molar-refractivity contribution in [2.45, 2.75) is 30.0 Å². The van der Waals surface area contributed by atoms with Gasteiger partial charge in [-0.25, -0.2) is 0 Å². The molecule has 0 saturated carbocycles. The summed E-state index contributed by atoms with van der Waals surface area (Å²) in [6.07, 6.45) is 1.75. The number of hydrogen-bond donors (Lipinski definition) is 1. The number of thioether (sulfide) groups is 1. The molecule has 2 aromatic rings. The van der Waals surface area contributed by atoms with Gasteiger partial charge in [-0.3, -0.25) is 0 Å². The van der Waals surface area contributed by atoms with Crippen molar-refractivity contribution in [2.75, 3.05) is 13.2 Å². The van der Waals surface area contributed by atoms with E-state index in [2.05, 4.69) is 24.4 Å². The fraction of sp³-hybridized carbons (Fsp3) is 0.375. The van der Waals surface area contributed by atoms with E-state index in [0.29, 0.717) is 17.9 Å². The summed E-state index contributed by atoms with van der Waals surface area (Å²) in [4.78, 5) is 1.20. The maximum Gasteiger partial charge on any atom is 0.124 e. The first kappa shape index (κ1) is 13.6. The highest BCUT2D eigenvalue weighted by molar-refractivity contribution is 8.00. The fourth-order valence-electron chi connectivity index (χ4n) is 2.56. The van der Waals surface area contributed by atoms with Gasteiger partial charge in [0.15, 0.2) is 0 Å². The van der Waals surface area contributed by atoms with Crippen LogP contribution >= 0.6 is 11.8 Å². The Bertz CT molecular complexity index is 581. The third kappa shape index (κ3) is 2.58. The minimum atomic E-state index is 0.309. The van der Waals surface area contributed by atoms with Crippen molar-refractivity contribution in [3.8, 4) is 5.75 Å². The van der Waals surface area contributed by atoms with Crippen LogP contribution in [0.15, 0.2) is 45.9 Å². The number of benzene rings is 1. The predicted molar refractivity (Wildman–Crippen MR) is 81.4 cm³/mol. The first-order valence-electron chi connectivity index (χ1n) is 6.95. The van der Waals surface area contributed by atoms with E-state index in [1.165, 1.54) is 10.5 Å². The number of ether oxygens (including phenoxy) is 1. The van der Waals surface area contributed by atoms with Crippen LogP contribution in [0.1, 0.15) is 24.3 Å². The summed E-state index contributed by atoms with van der Waals surface area (Å²) in [5, 5.41) is 3.94. The lowest BCUT2D eigenvalue weighted by Crippen LogP contribution is -2.37. The minimum absolute atomic E-state index is 0.309. The highest BCUT2D eigenvalue weighted by Crippen LogP contribution is 2.40. The number of nitrogens with one attached hydrogen (secondary N) is 1.